The summed E-state index contributed by atoms with van der Waals surface area (Å²) in [6.45, 7) is 1.04. The van der Waals surface area contributed by atoms with Crippen LogP contribution in [0.25, 0.3) is 0 Å². The smallest absolute Gasteiger partial charge is 0.300 e. The first-order chi connectivity index (χ1) is 13.0. The third-order valence-corrected chi connectivity index (χ3v) is 3.82. The highest BCUT2D eigenvalue weighted by atomic mass is 19.4. The van der Waals surface area contributed by atoms with Crippen LogP contribution in [-0.2, 0) is 4.79 Å². The molecule has 29 heavy (non-hydrogen) atoms. The van der Waals surface area contributed by atoms with Gasteiger partial charge in [-0.15, -0.1) is 0 Å². The van der Waals surface area contributed by atoms with Gasteiger partial charge >= 0.3 is 23.9 Å². The second kappa shape index (κ2) is 8.63. The Morgan fingerprint density at radius 2 is 1.45 bits per heavy atom. The first kappa shape index (κ1) is 24.8. The minimum absolute atomic E-state index is 0.0509. The summed E-state index contributed by atoms with van der Waals surface area (Å²) in [5.41, 5.74) is 0.0509. The zero-order valence-corrected chi connectivity index (χ0v) is 14.7. The number of halogens is 10. The summed E-state index contributed by atoms with van der Waals surface area (Å²) >= 11 is 0. The number of alkyl halides is 9. The summed E-state index contributed by atoms with van der Waals surface area (Å²) in [4.78, 5) is 11.0. The summed E-state index contributed by atoms with van der Waals surface area (Å²) in [5, 5.41) is 0. The van der Waals surface area contributed by atoms with E-state index in [1.54, 1.807) is 0 Å². The molecule has 1 aromatic rings. The SMILES string of the molecule is CC(=O)CC[C@H](C#Cc1ccc(F)cc1)CC(F)(F)C(F)(F)C(F)(F)C(F)(F)F. The summed E-state index contributed by atoms with van der Waals surface area (Å²) in [6, 6.07) is 4.10. The molecule has 0 aliphatic rings. The van der Waals surface area contributed by atoms with Crippen LogP contribution < -0.4 is 0 Å². The van der Waals surface area contributed by atoms with Crippen molar-refractivity contribution in [3.05, 3.63) is 35.6 Å². The standard InChI is InChI=1S/C18H14F10O/c1-11(29)2-3-13(5-4-12-6-8-14(19)9-7-12)10-15(20,21)16(22,23)17(24,25)18(26,27)28/h6-9,13H,2-3,10H2,1H3/t13-/m1/s1. The number of benzene rings is 1. The van der Waals surface area contributed by atoms with Gasteiger partial charge in [-0.2, -0.15) is 39.5 Å². The lowest BCUT2D eigenvalue weighted by molar-refractivity contribution is -0.397. The predicted octanol–water partition coefficient (Wildman–Crippen LogP) is 6.02. The van der Waals surface area contributed by atoms with Gasteiger partial charge in [0.1, 0.15) is 11.6 Å². The molecule has 0 spiro atoms. The molecule has 0 saturated carbocycles. The van der Waals surface area contributed by atoms with Crippen molar-refractivity contribution in [1.29, 1.82) is 0 Å². The Labute approximate surface area is 159 Å². The van der Waals surface area contributed by atoms with Crippen molar-refractivity contribution in [2.75, 3.05) is 0 Å². The van der Waals surface area contributed by atoms with E-state index in [2.05, 4.69) is 11.8 Å². The van der Waals surface area contributed by atoms with Gasteiger partial charge in [0.05, 0.1) is 0 Å². The Hall–Kier alpha value is -2.25. The van der Waals surface area contributed by atoms with Gasteiger partial charge in [-0.1, -0.05) is 11.8 Å². The maximum atomic E-state index is 13.8. The zero-order valence-electron chi connectivity index (χ0n) is 14.7. The maximum absolute atomic E-state index is 13.8. The van der Waals surface area contributed by atoms with Crippen molar-refractivity contribution >= 4 is 5.78 Å². The van der Waals surface area contributed by atoms with Gasteiger partial charge in [-0.3, -0.25) is 0 Å². The fourth-order valence-electron chi connectivity index (χ4n) is 2.17. The molecule has 1 atom stereocenters. The van der Waals surface area contributed by atoms with E-state index in [1.165, 1.54) is 0 Å². The second-order valence-corrected chi connectivity index (χ2v) is 6.27. The summed E-state index contributed by atoms with van der Waals surface area (Å²) in [5.74, 6) is -18.3. The molecule has 0 N–H and O–H groups in total. The largest absolute Gasteiger partial charge is 0.460 e. The van der Waals surface area contributed by atoms with Crippen LogP contribution in [-0.4, -0.2) is 29.7 Å². The number of rotatable bonds is 7. The molecule has 0 radical (unpaired) electrons. The molecule has 0 aliphatic carbocycles. The van der Waals surface area contributed by atoms with E-state index in [0.29, 0.717) is 0 Å². The molecule has 0 unspecified atom stereocenters. The quantitative estimate of drug-likeness (QED) is 0.377. The third kappa shape index (κ3) is 5.87. The van der Waals surface area contributed by atoms with Gasteiger partial charge in [0.15, 0.2) is 0 Å². The maximum Gasteiger partial charge on any atom is 0.460 e. The Kier molecular flexibility index (Phi) is 7.38. The van der Waals surface area contributed by atoms with Crippen LogP contribution >= 0.6 is 0 Å². The van der Waals surface area contributed by atoms with Crippen molar-refractivity contribution in [2.45, 2.75) is 50.1 Å². The fraction of sp³-hybridized carbons (Fsp3) is 0.500. The van der Waals surface area contributed by atoms with E-state index in [1.807, 2.05) is 0 Å². The lowest BCUT2D eigenvalue weighted by atomic mass is 9.90. The number of Topliss-reactive ketones (excluding diaryl/α,β-unsaturated/α-hetero) is 1. The van der Waals surface area contributed by atoms with Crippen molar-refractivity contribution in [2.24, 2.45) is 5.92 Å². The van der Waals surface area contributed by atoms with Gasteiger partial charge in [0.2, 0.25) is 0 Å². The summed E-state index contributed by atoms with van der Waals surface area (Å²) in [6.07, 6.45) is -10.1. The van der Waals surface area contributed by atoms with Crippen molar-refractivity contribution in [3.8, 4) is 11.8 Å². The van der Waals surface area contributed by atoms with Crippen molar-refractivity contribution in [3.63, 3.8) is 0 Å². The molecule has 0 saturated heterocycles. The molecule has 0 aromatic heterocycles. The van der Waals surface area contributed by atoms with Crippen LogP contribution in [0, 0.1) is 23.6 Å². The van der Waals surface area contributed by atoms with Gasteiger partial charge in [0.25, 0.3) is 0 Å². The highest BCUT2D eigenvalue weighted by Gasteiger charge is 2.81. The van der Waals surface area contributed by atoms with Crippen molar-refractivity contribution < 1.29 is 48.7 Å². The molecule has 0 aliphatic heterocycles. The first-order valence-corrected chi connectivity index (χ1v) is 7.98. The fourth-order valence-corrected chi connectivity index (χ4v) is 2.17. The van der Waals surface area contributed by atoms with Gasteiger partial charge in [-0.25, -0.2) is 4.39 Å². The Morgan fingerprint density at radius 3 is 1.90 bits per heavy atom. The molecule has 11 heteroatoms. The highest BCUT2D eigenvalue weighted by molar-refractivity contribution is 5.75. The van der Waals surface area contributed by atoms with Crippen LogP contribution in [0.3, 0.4) is 0 Å². The second-order valence-electron chi connectivity index (χ2n) is 6.27. The Bertz CT molecular complexity index is 769. The summed E-state index contributed by atoms with van der Waals surface area (Å²) in [7, 11) is 0. The molecule has 1 nitrogen and oxygen atoms in total. The van der Waals surface area contributed by atoms with E-state index < -0.39 is 60.7 Å². The van der Waals surface area contributed by atoms with Crippen LogP contribution in [0.2, 0.25) is 0 Å². The molecule has 1 rings (SSSR count). The molecular weight excluding hydrogens is 422 g/mol. The van der Waals surface area contributed by atoms with Crippen LogP contribution in [0.1, 0.15) is 31.7 Å². The molecule has 0 heterocycles. The number of carbonyl (C=O) groups is 1. The van der Waals surface area contributed by atoms with E-state index >= 15 is 0 Å². The van der Waals surface area contributed by atoms with Gasteiger partial charge < -0.3 is 4.79 Å². The minimum atomic E-state index is -6.99. The van der Waals surface area contributed by atoms with Crippen LogP contribution in [0.5, 0.6) is 0 Å². The number of hydrogen-bond acceptors (Lipinski definition) is 1. The third-order valence-electron chi connectivity index (χ3n) is 3.82. The minimum Gasteiger partial charge on any atom is -0.300 e. The predicted molar refractivity (Wildman–Crippen MR) is 82.2 cm³/mol. The number of carbonyl (C=O) groups excluding carboxylic acids is 1. The molecule has 0 fully saturated rings. The molecule has 162 valence electrons. The normalized spacial score (nSPS) is 14.2. The van der Waals surface area contributed by atoms with E-state index in [4.69, 9.17) is 0 Å². The van der Waals surface area contributed by atoms with E-state index in [-0.39, 0.29) is 5.56 Å². The lowest BCUT2D eigenvalue weighted by Gasteiger charge is -2.34. The number of ketones is 1. The zero-order chi connectivity index (χ0) is 22.7. The summed E-state index contributed by atoms with van der Waals surface area (Å²) < 4.78 is 130. The van der Waals surface area contributed by atoms with Gasteiger partial charge in [-0.05, 0) is 37.6 Å². The van der Waals surface area contributed by atoms with Crippen molar-refractivity contribution in [1.82, 2.24) is 0 Å². The van der Waals surface area contributed by atoms with E-state index in [0.717, 1.165) is 31.2 Å². The first-order valence-electron chi connectivity index (χ1n) is 7.98. The molecule has 1 aromatic carbocycles. The monoisotopic (exact) mass is 436 g/mol. The van der Waals surface area contributed by atoms with Gasteiger partial charge in [0, 0.05) is 24.3 Å². The van der Waals surface area contributed by atoms with Crippen LogP contribution in [0.4, 0.5) is 43.9 Å². The van der Waals surface area contributed by atoms with Crippen LogP contribution in [0.15, 0.2) is 24.3 Å². The average Bonchev–Trinajstić information content (AvgIpc) is 2.57. The van der Waals surface area contributed by atoms with E-state index in [9.17, 15) is 48.7 Å². The topological polar surface area (TPSA) is 17.1 Å². The molecular formula is C18H14F10O. The Balaban J connectivity index is 3.19. The average molecular weight is 436 g/mol. The molecule has 0 bridgehead atoms. The number of hydrogen-bond donors (Lipinski definition) is 0. The Morgan fingerprint density at radius 1 is 0.931 bits per heavy atom. The highest BCUT2D eigenvalue weighted by Crippen LogP contribution is 2.54. The lowest BCUT2D eigenvalue weighted by Crippen LogP contribution is -2.61. The molecule has 0 amide bonds.